The number of rotatable bonds is 8. The number of hydrogen-bond acceptors (Lipinski definition) is 4. The molecule has 2 unspecified atom stereocenters. The normalized spacial score (nSPS) is 13.1. The van der Waals surface area contributed by atoms with Gasteiger partial charge < -0.3 is 10.2 Å². The molecule has 0 aliphatic carbocycles. The van der Waals surface area contributed by atoms with E-state index in [1.165, 1.54) is 11.1 Å². The van der Waals surface area contributed by atoms with Gasteiger partial charge in [0.15, 0.2) is 0 Å². The quantitative estimate of drug-likeness (QED) is 0.761. The Bertz CT molecular complexity index is 581. The number of allylic oxidation sites excluding steroid dienone is 1. The van der Waals surface area contributed by atoms with Crippen LogP contribution in [0.1, 0.15) is 19.8 Å². The molecule has 2 rings (SSSR count). The Morgan fingerprint density at radius 3 is 2.86 bits per heavy atom. The van der Waals surface area contributed by atoms with Crippen molar-refractivity contribution >= 4 is 11.7 Å². The Hall–Kier alpha value is -2.56. The Balaban J connectivity index is 2.09. The van der Waals surface area contributed by atoms with E-state index in [-0.39, 0.29) is 11.9 Å². The van der Waals surface area contributed by atoms with E-state index in [4.69, 9.17) is 4.84 Å². The minimum atomic E-state index is -0.440. The highest BCUT2D eigenvalue weighted by Gasteiger charge is 2.27. The lowest BCUT2D eigenvalue weighted by atomic mass is 9.96. The van der Waals surface area contributed by atoms with Crippen molar-refractivity contribution in [2.75, 3.05) is 5.32 Å². The number of carbonyl (C=O) groups is 1. The fourth-order valence-corrected chi connectivity index (χ4v) is 2.16. The molecule has 5 heteroatoms. The molecular weight excluding hydrogens is 278 g/mol. The minimum Gasteiger partial charge on any atom is -0.372 e. The van der Waals surface area contributed by atoms with Crippen molar-refractivity contribution in [3.8, 4) is 0 Å². The van der Waals surface area contributed by atoms with Crippen molar-refractivity contribution in [1.82, 2.24) is 9.71 Å². The second kappa shape index (κ2) is 8.02. The van der Waals surface area contributed by atoms with Gasteiger partial charge in [0.2, 0.25) is 0 Å². The number of aromatic nitrogens is 2. The Labute approximate surface area is 130 Å². The fourth-order valence-electron chi connectivity index (χ4n) is 2.16. The maximum absolute atomic E-state index is 12.5. The third kappa shape index (κ3) is 4.48. The molecule has 0 aliphatic heterocycles. The van der Waals surface area contributed by atoms with Gasteiger partial charge in [-0.1, -0.05) is 31.2 Å². The zero-order valence-corrected chi connectivity index (χ0v) is 12.7. The minimum absolute atomic E-state index is 0.106. The predicted octanol–water partition coefficient (Wildman–Crippen LogP) is 2.92. The first-order chi connectivity index (χ1) is 10.7. The smallest absolute Gasteiger partial charge is 0.355 e. The van der Waals surface area contributed by atoms with E-state index in [1.807, 2.05) is 43.3 Å². The van der Waals surface area contributed by atoms with Gasteiger partial charge in [-0.15, -0.1) is 6.58 Å². The van der Waals surface area contributed by atoms with Crippen molar-refractivity contribution in [1.29, 1.82) is 0 Å². The summed E-state index contributed by atoms with van der Waals surface area (Å²) in [6.45, 7) is 5.76. The molecule has 0 bridgehead atoms. The molecule has 22 heavy (non-hydrogen) atoms. The molecule has 1 aromatic heterocycles. The molecule has 0 saturated carbocycles. The molecule has 5 nitrogen and oxygen atoms in total. The zero-order valence-electron chi connectivity index (χ0n) is 12.7. The summed E-state index contributed by atoms with van der Waals surface area (Å²) < 4.78 is 1.31. The summed E-state index contributed by atoms with van der Waals surface area (Å²) in [6.07, 6.45) is 8.17. The van der Waals surface area contributed by atoms with Gasteiger partial charge in [0.25, 0.3) is 0 Å². The molecular formula is C17H21N3O2. The van der Waals surface area contributed by atoms with Crippen LogP contribution in [0.4, 0.5) is 5.69 Å². The van der Waals surface area contributed by atoms with Crippen molar-refractivity contribution in [3.63, 3.8) is 0 Å². The first-order valence-electron chi connectivity index (χ1n) is 7.33. The number of benzene rings is 1. The molecule has 0 fully saturated rings. The highest BCUT2D eigenvalue weighted by molar-refractivity contribution is 5.79. The maximum Gasteiger partial charge on any atom is 0.355 e. The van der Waals surface area contributed by atoms with Gasteiger partial charge in [-0.05, 0) is 30.9 Å². The SMILES string of the molecule is C=CCCC(C)C(Nc1ccccc1)C(=O)On1ccnc1. The summed E-state index contributed by atoms with van der Waals surface area (Å²) in [5, 5.41) is 3.26. The Morgan fingerprint density at radius 2 is 2.23 bits per heavy atom. The van der Waals surface area contributed by atoms with Gasteiger partial charge in [-0.2, -0.15) is 4.73 Å². The van der Waals surface area contributed by atoms with Crippen molar-refractivity contribution in [2.45, 2.75) is 25.8 Å². The molecule has 1 heterocycles. The Morgan fingerprint density at radius 1 is 1.45 bits per heavy atom. The monoisotopic (exact) mass is 299 g/mol. The highest BCUT2D eigenvalue weighted by Crippen LogP contribution is 2.17. The first-order valence-corrected chi connectivity index (χ1v) is 7.33. The summed E-state index contributed by atoms with van der Waals surface area (Å²) in [5.41, 5.74) is 0.889. The molecule has 0 saturated heterocycles. The second-order valence-corrected chi connectivity index (χ2v) is 5.16. The predicted molar refractivity (Wildman–Crippen MR) is 86.3 cm³/mol. The number of nitrogens with zero attached hydrogens (tertiary/aromatic N) is 2. The van der Waals surface area contributed by atoms with Crippen LogP contribution in [0.15, 0.2) is 61.7 Å². The Kier molecular flexibility index (Phi) is 5.77. The van der Waals surface area contributed by atoms with E-state index in [9.17, 15) is 4.79 Å². The lowest BCUT2D eigenvalue weighted by molar-refractivity contribution is -0.146. The number of para-hydroxylation sites is 1. The third-order valence-corrected chi connectivity index (χ3v) is 3.42. The molecule has 116 valence electrons. The number of anilines is 1. The lowest BCUT2D eigenvalue weighted by Crippen LogP contribution is -2.41. The van der Waals surface area contributed by atoms with Crippen LogP contribution < -0.4 is 10.2 Å². The van der Waals surface area contributed by atoms with Gasteiger partial charge in [0.05, 0.1) is 6.20 Å². The topological polar surface area (TPSA) is 56.1 Å². The van der Waals surface area contributed by atoms with E-state index in [0.717, 1.165) is 18.5 Å². The van der Waals surface area contributed by atoms with Crippen LogP contribution in [0.3, 0.4) is 0 Å². The van der Waals surface area contributed by atoms with Crippen LogP contribution in [0.5, 0.6) is 0 Å². The molecule has 0 spiro atoms. The average Bonchev–Trinajstić information content (AvgIpc) is 3.04. The first kappa shape index (κ1) is 15.8. The van der Waals surface area contributed by atoms with Gasteiger partial charge in [-0.25, -0.2) is 9.78 Å². The van der Waals surface area contributed by atoms with Crippen molar-refractivity contribution < 1.29 is 9.63 Å². The molecule has 1 aromatic carbocycles. The van der Waals surface area contributed by atoms with Gasteiger partial charge in [0, 0.05) is 11.9 Å². The fraction of sp³-hybridized carbons (Fsp3) is 0.294. The summed E-state index contributed by atoms with van der Waals surface area (Å²) in [4.78, 5) is 21.6. The van der Waals surface area contributed by atoms with Crippen LogP contribution in [-0.2, 0) is 4.79 Å². The van der Waals surface area contributed by atoms with Crippen LogP contribution in [0, 0.1) is 5.92 Å². The van der Waals surface area contributed by atoms with Gasteiger partial charge >= 0.3 is 5.97 Å². The average molecular weight is 299 g/mol. The van der Waals surface area contributed by atoms with Crippen molar-refractivity contribution in [3.05, 3.63) is 61.7 Å². The second-order valence-electron chi connectivity index (χ2n) is 5.16. The van der Waals surface area contributed by atoms with E-state index >= 15 is 0 Å². The van der Waals surface area contributed by atoms with Crippen LogP contribution in [0.2, 0.25) is 0 Å². The highest BCUT2D eigenvalue weighted by atomic mass is 16.7. The summed E-state index contributed by atoms with van der Waals surface area (Å²) in [5.74, 6) is -0.229. The lowest BCUT2D eigenvalue weighted by Gasteiger charge is -2.24. The number of nitrogens with one attached hydrogen (secondary N) is 1. The molecule has 0 aliphatic rings. The number of imidazole rings is 1. The largest absolute Gasteiger partial charge is 0.372 e. The summed E-state index contributed by atoms with van der Waals surface area (Å²) >= 11 is 0. The van der Waals surface area contributed by atoms with Crippen LogP contribution >= 0.6 is 0 Å². The molecule has 0 amide bonds. The van der Waals surface area contributed by atoms with Crippen molar-refractivity contribution in [2.24, 2.45) is 5.92 Å². The van der Waals surface area contributed by atoms with E-state index in [1.54, 1.807) is 12.4 Å². The van der Waals surface area contributed by atoms with E-state index in [0.29, 0.717) is 0 Å². The molecule has 2 aromatic rings. The van der Waals surface area contributed by atoms with Crippen LogP contribution in [0.25, 0.3) is 0 Å². The van der Waals surface area contributed by atoms with E-state index in [2.05, 4.69) is 16.9 Å². The third-order valence-electron chi connectivity index (χ3n) is 3.42. The molecule has 1 N–H and O–H groups in total. The maximum atomic E-state index is 12.5. The molecule has 2 atom stereocenters. The van der Waals surface area contributed by atoms with Gasteiger partial charge in [0.1, 0.15) is 12.4 Å². The van der Waals surface area contributed by atoms with E-state index < -0.39 is 6.04 Å². The number of hydrogen-bond donors (Lipinski definition) is 1. The van der Waals surface area contributed by atoms with Gasteiger partial charge in [-0.3, -0.25) is 0 Å². The molecule has 0 radical (unpaired) electrons. The standard InChI is InChI=1S/C17H21N3O2/c1-3-4-8-14(2)16(19-15-9-6-5-7-10-15)17(21)22-20-12-11-18-13-20/h3,5-7,9-14,16,19H,1,4,8H2,2H3. The number of carbonyl (C=O) groups excluding carboxylic acids is 1. The van der Waals surface area contributed by atoms with Crippen LogP contribution in [-0.4, -0.2) is 21.7 Å². The zero-order chi connectivity index (χ0) is 15.8. The summed E-state index contributed by atoms with van der Waals surface area (Å²) in [6, 6.07) is 9.20. The summed E-state index contributed by atoms with van der Waals surface area (Å²) in [7, 11) is 0.